The molecule has 0 radical (unpaired) electrons. The number of alkyl halides is 3. The lowest BCUT2D eigenvalue weighted by Gasteiger charge is -2.14. The highest BCUT2D eigenvalue weighted by Gasteiger charge is 2.30. The minimum Gasteiger partial charge on any atom is -0.491 e. The Morgan fingerprint density at radius 1 is 1.12 bits per heavy atom. The molecule has 2 aromatic rings. The minimum absolute atomic E-state index is 0.167. The zero-order valence-corrected chi connectivity index (χ0v) is 14.6. The van der Waals surface area contributed by atoms with Crippen molar-refractivity contribution in [3.63, 3.8) is 0 Å². The van der Waals surface area contributed by atoms with Crippen LogP contribution >= 0.6 is 0 Å². The summed E-state index contributed by atoms with van der Waals surface area (Å²) in [4.78, 5) is 12.1. The molecule has 2 aromatic carbocycles. The highest BCUT2D eigenvalue weighted by atomic mass is 19.4. The van der Waals surface area contributed by atoms with E-state index >= 15 is 0 Å². The molecule has 0 saturated heterocycles. The maximum Gasteiger partial charge on any atom is 0.416 e. The van der Waals surface area contributed by atoms with E-state index in [-0.39, 0.29) is 18.1 Å². The quantitative estimate of drug-likeness (QED) is 0.741. The second kappa shape index (κ2) is 8.60. The normalized spacial score (nSPS) is 11.3. The topological polar surface area (TPSA) is 50.4 Å². The third kappa shape index (κ3) is 5.98. The third-order valence-electron chi connectivity index (χ3n) is 3.38. The predicted molar refractivity (Wildman–Crippen MR) is 95.3 cm³/mol. The summed E-state index contributed by atoms with van der Waals surface area (Å²) in [6.45, 7) is 4.37. The lowest BCUT2D eigenvalue weighted by Crippen LogP contribution is -2.22. The Bertz CT molecular complexity index is 746. The Morgan fingerprint density at radius 3 is 2.54 bits per heavy atom. The van der Waals surface area contributed by atoms with E-state index in [0.717, 1.165) is 12.1 Å². The Morgan fingerprint density at radius 2 is 1.85 bits per heavy atom. The first kappa shape index (κ1) is 19.6. The van der Waals surface area contributed by atoms with Crippen LogP contribution in [0.15, 0.2) is 48.5 Å². The van der Waals surface area contributed by atoms with Gasteiger partial charge in [0.25, 0.3) is 0 Å². The molecule has 0 aliphatic heterocycles. The average Bonchev–Trinajstić information content (AvgIpc) is 2.58. The number of para-hydroxylation sites is 2. The van der Waals surface area contributed by atoms with Gasteiger partial charge in [-0.25, -0.2) is 0 Å². The molecule has 0 unspecified atom stereocenters. The van der Waals surface area contributed by atoms with E-state index in [1.807, 2.05) is 13.8 Å². The Balaban J connectivity index is 1.96. The molecule has 7 heteroatoms. The number of ether oxygens (including phenoxy) is 1. The number of benzene rings is 2. The Hall–Kier alpha value is -2.70. The molecule has 0 aliphatic rings. The molecule has 140 valence electrons. The van der Waals surface area contributed by atoms with Crippen LogP contribution in [0, 0.1) is 5.92 Å². The van der Waals surface area contributed by atoms with E-state index in [4.69, 9.17) is 4.74 Å². The number of carbonyl (C=O) groups is 1. The lowest BCUT2D eigenvalue weighted by molar-refractivity contribution is -0.137. The summed E-state index contributed by atoms with van der Waals surface area (Å²) < 4.78 is 43.8. The second-order valence-corrected chi connectivity index (χ2v) is 6.18. The van der Waals surface area contributed by atoms with E-state index in [1.165, 1.54) is 12.1 Å². The van der Waals surface area contributed by atoms with Gasteiger partial charge in [-0.2, -0.15) is 13.2 Å². The van der Waals surface area contributed by atoms with Crippen LogP contribution in [0.3, 0.4) is 0 Å². The van der Waals surface area contributed by atoms with E-state index < -0.39 is 11.7 Å². The summed E-state index contributed by atoms with van der Waals surface area (Å²) in [5, 5.41) is 5.39. The van der Waals surface area contributed by atoms with Gasteiger partial charge in [0.15, 0.2) is 0 Å². The number of carbonyl (C=O) groups excluding carboxylic acids is 1. The van der Waals surface area contributed by atoms with Gasteiger partial charge in [0, 0.05) is 5.69 Å². The minimum atomic E-state index is -4.42. The first-order valence-electron chi connectivity index (χ1n) is 8.18. The standard InChI is InChI=1S/C19H21F3N2O2/c1-13(2)12-26-17-9-4-3-8-16(17)24-18(25)11-23-15-7-5-6-14(10-15)19(20,21)22/h3-10,13,23H,11-12H2,1-2H3,(H,24,25). The third-order valence-corrected chi connectivity index (χ3v) is 3.38. The first-order chi connectivity index (χ1) is 12.3. The zero-order valence-electron chi connectivity index (χ0n) is 14.6. The summed E-state index contributed by atoms with van der Waals surface area (Å²) in [7, 11) is 0. The molecule has 0 aliphatic carbocycles. The monoisotopic (exact) mass is 366 g/mol. The van der Waals surface area contributed by atoms with Gasteiger partial charge in [-0.15, -0.1) is 0 Å². The molecule has 0 fully saturated rings. The van der Waals surface area contributed by atoms with E-state index in [1.54, 1.807) is 24.3 Å². The number of rotatable bonds is 7. The van der Waals surface area contributed by atoms with Crippen LogP contribution in [0.5, 0.6) is 5.75 Å². The van der Waals surface area contributed by atoms with Gasteiger partial charge < -0.3 is 15.4 Å². The molecule has 2 N–H and O–H groups in total. The van der Waals surface area contributed by atoms with Crippen molar-refractivity contribution in [1.29, 1.82) is 0 Å². The fraction of sp³-hybridized carbons (Fsp3) is 0.316. The summed E-state index contributed by atoms with van der Waals surface area (Å²) in [6.07, 6.45) is -4.42. The highest BCUT2D eigenvalue weighted by molar-refractivity contribution is 5.95. The molecule has 2 rings (SSSR count). The van der Waals surface area contributed by atoms with Crippen LogP contribution in [0.25, 0.3) is 0 Å². The van der Waals surface area contributed by atoms with Gasteiger partial charge in [-0.05, 0) is 36.2 Å². The van der Waals surface area contributed by atoms with Crippen LogP contribution in [0.1, 0.15) is 19.4 Å². The predicted octanol–water partition coefficient (Wildman–Crippen LogP) is 4.79. The zero-order chi connectivity index (χ0) is 19.2. The number of amides is 1. The van der Waals surface area contributed by atoms with Crippen LogP contribution in [0.4, 0.5) is 24.5 Å². The first-order valence-corrected chi connectivity index (χ1v) is 8.18. The second-order valence-electron chi connectivity index (χ2n) is 6.18. The maximum atomic E-state index is 12.7. The summed E-state index contributed by atoms with van der Waals surface area (Å²) in [5.41, 5.74) is -0.0290. The van der Waals surface area contributed by atoms with Crippen LogP contribution in [-0.2, 0) is 11.0 Å². The smallest absolute Gasteiger partial charge is 0.416 e. The molecule has 0 heterocycles. The molecular weight excluding hydrogens is 345 g/mol. The molecule has 1 amide bonds. The summed E-state index contributed by atoms with van der Waals surface area (Å²) >= 11 is 0. The molecule has 0 saturated carbocycles. The van der Waals surface area contributed by atoms with Crippen molar-refractivity contribution in [2.75, 3.05) is 23.8 Å². The average molecular weight is 366 g/mol. The van der Waals surface area contributed by atoms with Crippen molar-refractivity contribution in [3.05, 3.63) is 54.1 Å². The van der Waals surface area contributed by atoms with Crippen molar-refractivity contribution in [2.24, 2.45) is 5.92 Å². The Kier molecular flexibility index (Phi) is 6.49. The molecule has 0 aromatic heterocycles. The van der Waals surface area contributed by atoms with Crippen molar-refractivity contribution in [1.82, 2.24) is 0 Å². The molecule has 26 heavy (non-hydrogen) atoms. The van der Waals surface area contributed by atoms with Crippen molar-refractivity contribution in [3.8, 4) is 5.75 Å². The molecular formula is C19H21F3N2O2. The number of anilines is 2. The van der Waals surface area contributed by atoms with E-state index in [0.29, 0.717) is 24.0 Å². The Labute approximate surface area is 150 Å². The largest absolute Gasteiger partial charge is 0.491 e. The van der Waals surface area contributed by atoms with Gasteiger partial charge >= 0.3 is 6.18 Å². The highest BCUT2D eigenvalue weighted by Crippen LogP contribution is 2.30. The van der Waals surface area contributed by atoms with Gasteiger partial charge in [-0.1, -0.05) is 32.0 Å². The molecule has 0 atom stereocenters. The van der Waals surface area contributed by atoms with Gasteiger partial charge in [0.2, 0.25) is 5.91 Å². The maximum absolute atomic E-state index is 12.7. The lowest BCUT2D eigenvalue weighted by atomic mass is 10.2. The van der Waals surface area contributed by atoms with Gasteiger partial charge in [0.05, 0.1) is 24.4 Å². The fourth-order valence-corrected chi connectivity index (χ4v) is 2.13. The van der Waals surface area contributed by atoms with Crippen molar-refractivity contribution >= 4 is 17.3 Å². The van der Waals surface area contributed by atoms with Crippen molar-refractivity contribution < 1.29 is 22.7 Å². The van der Waals surface area contributed by atoms with E-state index in [2.05, 4.69) is 10.6 Å². The van der Waals surface area contributed by atoms with E-state index in [9.17, 15) is 18.0 Å². The number of hydrogen-bond donors (Lipinski definition) is 2. The SMILES string of the molecule is CC(C)COc1ccccc1NC(=O)CNc1cccc(C(F)(F)F)c1. The number of hydrogen-bond acceptors (Lipinski definition) is 3. The van der Waals surface area contributed by atoms with Crippen molar-refractivity contribution in [2.45, 2.75) is 20.0 Å². The summed E-state index contributed by atoms with van der Waals surface area (Å²) in [6, 6.07) is 11.7. The van der Waals surface area contributed by atoms with Crippen LogP contribution < -0.4 is 15.4 Å². The number of nitrogens with one attached hydrogen (secondary N) is 2. The molecule has 0 spiro atoms. The molecule has 0 bridgehead atoms. The number of halogens is 3. The van der Waals surface area contributed by atoms with Crippen LogP contribution in [-0.4, -0.2) is 19.1 Å². The van der Waals surface area contributed by atoms with Crippen LogP contribution in [0.2, 0.25) is 0 Å². The fourth-order valence-electron chi connectivity index (χ4n) is 2.13. The van der Waals surface area contributed by atoms with Gasteiger partial charge in [0.1, 0.15) is 5.75 Å². The van der Waals surface area contributed by atoms with Gasteiger partial charge in [-0.3, -0.25) is 4.79 Å². The molecule has 4 nitrogen and oxygen atoms in total. The summed E-state index contributed by atoms with van der Waals surface area (Å²) in [5.74, 6) is 0.498.